The molecule has 0 spiro atoms. The van der Waals surface area contributed by atoms with E-state index < -0.39 is 5.97 Å². The van der Waals surface area contributed by atoms with Gasteiger partial charge < -0.3 is 14.7 Å². The van der Waals surface area contributed by atoms with Gasteiger partial charge in [-0.3, -0.25) is 14.5 Å². The number of carboxylic acid groups (broad SMARTS) is 1. The lowest BCUT2D eigenvalue weighted by molar-refractivity contribution is -0.138. The molecule has 1 amide bonds. The molecule has 0 bridgehead atoms. The van der Waals surface area contributed by atoms with Gasteiger partial charge in [0, 0.05) is 19.1 Å². The van der Waals surface area contributed by atoms with E-state index in [1.807, 2.05) is 48.9 Å². The van der Waals surface area contributed by atoms with E-state index in [9.17, 15) is 9.59 Å². The average Bonchev–Trinajstić information content (AvgIpc) is 2.79. The van der Waals surface area contributed by atoms with Crippen LogP contribution in [0, 0.1) is 13.8 Å². The Morgan fingerprint density at radius 3 is 2.72 bits per heavy atom. The van der Waals surface area contributed by atoms with E-state index in [0.717, 1.165) is 30.6 Å². The van der Waals surface area contributed by atoms with Gasteiger partial charge in [0.15, 0.2) is 6.61 Å². The number of carboxylic acids is 1. The monoisotopic (exact) mass is 348 g/mol. The summed E-state index contributed by atoms with van der Waals surface area (Å²) in [6.45, 7) is 5.42. The molecular formula is C19H28N2O4. The van der Waals surface area contributed by atoms with E-state index in [4.69, 9.17) is 9.84 Å². The van der Waals surface area contributed by atoms with E-state index in [1.54, 1.807) is 0 Å². The zero-order valence-corrected chi connectivity index (χ0v) is 15.3. The minimum atomic E-state index is -0.818. The van der Waals surface area contributed by atoms with Crippen LogP contribution >= 0.6 is 0 Å². The number of likely N-dealkylation sites (tertiary alicyclic amines) is 1. The summed E-state index contributed by atoms with van der Waals surface area (Å²) in [5, 5.41) is 8.92. The molecule has 1 fully saturated rings. The molecule has 1 saturated heterocycles. The van der Waals surface area contributed by atoms with Crippen molar-refractivity contribution in [1.29, 1.82) is 0 Å². The fourth-order valence-corrected chi connectivity index (χ4v) is 3.30. The maximum absolute atomic E-state index is 12.4. The second-order valence-corrected chi connectivity index (χ2v) is 6.83. The predicted octanol–water partition coefficient (Wildman–Crippen LogP) is 2.08. The van der Waals surface area contributed by atoms with Crippen LogP contribution in [0.4, 0.5) is 0 Å². The van der Waals surface area contributed by atoms with E-state index in [-0.39, 0.29) is 25.1 Å². The van der Waals surface area contributed by atoms with Crippen LogP contribution in [0.15, 0.2) is 18.2 Å². The van der Waals surface area contributed by atoms with E-state index in [0.29, 0.717) is 13.1 Å². The summed E-state index contributed by atoms with van der Waals surface area (Å²) < 4.78 is 5.70. The highest BCUT2D eigenvalue weighted by atomic mass is 16.5. The van der Waals surface area contributed by atoms with Crippen LogP contribution in [0.3, 0.4) is 0 Å². The van der Waals surface area contributed by atoms with Crippen molar-refractivity contribution in [3.63, 3.8) is 0 Å². The number of hydrogen-bond donors (Lipinski definition) is 1. The van der Waals surface area contributed by atoms with Crippen molar-refractivity contribution in [2.45, 2.75) is 39.2 Å². The summed E-state index contributed by atoms with van der Waals surface area (Å²) in [5.74, 6) is -0.0871. The third-order valence-electron chi connectivity index (χ3n) is 4.74. The summed E-state index contributed by atoms with van der Waals surface area (Å²) >= 11 is 0. The largest absolute Gasteiger partial charge is 0.484 e. The van der Waals surface area contributed by atoms with Gasteiger partial charge in [0.2, 0.25) is 0 Å². The van der Waals surface area contributed by atoms with Crippen LogP contribution in [0.25, 0.3) is 0 Å². The summed E-state index contributed by atoms with van der Waals surface area (Å²) in [6.07, 6.45) is 2.58. The summed E-state index contributed by atoms with van der Waals surface area (Å²) in [5.41, 5.74) is 2.19. The SMILES string of the molecule is Cc1ccc(OCC(=O)N2CCC[C@H](N(C)CC(=O)O)CC2)c(C)c1. The molecule has 2 rings (SSSR count). The molecule has 0 aromatic heterocycles. The molecule has 138 valence electrons. The van der Waals surface area contributed by atoms with Crippen LogP contribution in [-0.2, 0) is 9.59 Å². The minimum Gasteiger partial charge on any atom is -0.484 e. The quantitative estimate of drug-likeness (QED) is 0.852. The molecule has 1 atom stereocenters. The molecule has 0 aliphatic carbocycles. The number of carbonyl (C=O) groups is 2. The Balaban J connectivity index is 1.85. The number of hydrogen-bond acceptors (Lipinski definition) is 4. The van der Waals surface area contributed by atoms with Crippen LogP contribution < -0.4 is 4.74 Å². The lowest BCUT2D eigenvalue weighted by Crippen LogP contribution is -2.38. The van der Waals surface area contributed by atoms with E-state index in [2.05, 4.69) is 0 Å². The molecule has 6 heteroatoms. The number of benzene rings is 1. The number of aliphatic carboxylic acids is 1. The average molecular weight is 348 g/mol. The van der Waals surface area contributed by atoms with Crippen LogP contribution in [0.5, 0.6) is 5.75 Å². The third kappa shape index (κ3) is 5.74. The second kappa shape index (κ2) is 8.85. The smallest absolute Gasteiger partial charge is 0.317 e. The maximum atomic E-state index is 12.4. The fraction of sp³-hybridized carbons (Fsp3) is 0.579. The highest BCUT2D eigenvalue weighted by Gasteiger charge is 2.24. The number of aryl methyl sites for hydroxylation is 2. The molecule has 1 N–H and O–H groups in total. The highest BCUT2D eigenvalue weighted by molar-refractivity contribution is 5.77. The number of amides is 1. The minimum absolute atomic E-state index is 0.0125. The molecule has 1 aromatic carbocycles. The van der Waals surface area contributed by atoms with Gasteiger partial charge in [-0.05, 0) is 51.8 Å². The van der Waals surface area contributed by atoms with Crippen molar-refractivity contribution < 1.29 is 19.4 Å². The first-order chi connectivity index (χ1) is 11.9. The standard InChI is InChI=1S/C19H28N2O4/c1-14-6-7-17(15(2)11-14)25-13-18(22)21-9-4-5-16(8-10-21)20(3)12-19(23)24/h6-7,11,16H,4-5,8-10,12-13H2,1-3H3,(H,23,24)/t16-/m0/s1. The Morgan fingerprint density at radius 2 is 2.04 bits per heavy atom. The van der Waals surface area contributed by atoms with Crippen molar-refractivity contribution in [3.8, 4) is 5.75 Å². The first-order valence-electron chi connectivity index (χ1n) is 8.76. The van der Waals surface area contributed by atoms with Gasteiger partial charge >= 0.3 is 5.97 Å². The Bertz CT molecular complexity index is 617. The van der Waals surface area contributed by atoms with Gasteiger partial charge in [0.25, 0.3) is 5.91 Å². The molecule has 0 saturated carbocycles. The summed E-state index contributed by atoms with van der Waals surface area (Å²) in [7, 11) is 1.83. The highest BCUT2D eigenvalue weighted by Crippen LogP contribution is 2.19. The van der Waals surface area contributed by atoms with Crippen LogP contribution in [0.1, 0.15) is 30.4 Å². The Kier molecular flexibility index (Phi) is 6.82. The molecule has 1 aliphatic rings. The Hall–Kier alpha value is -2.08. The fourth-order valence-electron chi connectivity index (χ4n) is 3.30. The molecule has 25 heavy (non-hydrogen) atoms. The molecule has 1 heterocycles. The number of ether oxygens (including phenoxy) is 1. The molecule has 1 aromatic rings. The number of likely N-dealkylation sites (N-methyl/N-ethyl adjacent to an activating group) is 1. The van der Waals surface area contributed by atoms with Gasteiger partial charge in [-0.2, -0.15) is 0 Å². The van der Waals surface area contributed by atoms with Gasteiger partial charge in [-0.15, -0.1) is 0 Å². The first kappa shape index (κ1) is 19.2. The van der Waals surface area contributed by atoms with Crippen LogP contribution in [0.2, 0.25) is 0 Å². The zero-order valence-electron chi connectivity index (χ0n) is 15.3. The van der Waals surface area contributed by atoms with Gasteiger partial charge in [-0.25, -0.2) is 0 Å². The Morgan fingerprint density at radius 1 is 1.28 bits per heavy atom. The lowest BCUT2D eigenvalue weighted by Gasteiger charge is -2.25. The summed E-state index contributed by atoms with van der Waals surface area (Å²) in [6, 6.07) is 6.11. The van der Waals surface area contributed by atoms with E-state index in [1.165, 1.54) is 5.56 Å². The van der Waals surface area contributed by atoms with Crippen molar-refractivity contribution >= 4 is 11.9 Å². The van der Waals surface area contributed by atoms with Gasteiger partial charge in [-0.1, -0.05) is 17.7 Å². The van der Waals surface area contributed by atoms with Crippen molar-refractivity contribution in [3.05, 3.63) is 29.3 Å². The van der Waals surface area contributed by atoms with Crippen LogP contribution in [-0.4, -0.2) is 66.1 Å². The zero-order chi connectivity index (χ0) is 18.4. The van der Waals surface area contributed by atoms with Crippen molar-refractivity contribution in [2.75, 3.05) is 33.3 Å². The first-order valence-corrected chi connectivity index (χ1v) is 8.76. The molecule has 1 aliphatic heterocycles. The Labute approximate surface area is 149 Å². The molecule has 0 unspecified atom stereocenters. The number of rotatable bonds is 6. The number of carbonyl (C=O) groups excluding carboxylic acids is 1. The molecular weight excluding hydrogens is 320 g/mol. The molecule has 6 nitrogen and oxygen atoms in total. The topological polar surface area (TPSA) is 70.1 Å². The molecule has 0 radical (unpaired) electrons. The van der Waals surface area contributed by atoms with Gasteiger partial charge in [0.1, 0.15) is 5.75 Å². The third-order valence-corrected chi connectivity index (χ3v) is 4.74. The number of nitrogens with zero attached hydrogens (tertiary/aromatic N) is 2. The van der Waals surface area contributed by atoms with Crippen molar-refractivity contribution in [1.82, 2.24) is 9.80 Å². The summed E-state index contributed by atoms with van der Waals surface area (Å²) in [4.78, 5) is 27.0. The predicted molar refractivity (Wildman–Crippen MR) is 95.9 cm³/mol. The van der Waals surface area contributed by atoms with Gasteiger partial charge in [0.05, 0.1) is 6.54 Å². The second-order valence-electron chi connectivity index (χ2n) is 6.83. The normalized spacial score (nSPS) is 18.1. The van der Waals surface area contributed by atoms with E-state index >= 15 is 0 Å². The maximum Gasteiger partial charge on any atom is 0.317 e. The van der Waals surface area contributed by atoms with Crippen molar-refractivity contribution in [2.24, 2.45) is 0 Å². The lowest BCUT2D eigenvalue weighted by atomic mass is 10.1.